The summed E-state index contributed by atoms with van der Waals surface area (Å²) in [5.74, 6) is 0.233. The number of carbonyl (C=O) groups excluding carboxylic acids is 1. The summed E-state index contributed by atoms with van der Waals surface area (Å²) < 4.78 is 0. The normalized spacial score (nSPS) is 26.7. The molecule has 0 spiro atoms. The fourth-order valence-electron chi connectivity index (χ4n) is 5.40. The van der Waals surface area contributed by atoms with Crippen molar-refractivity contribution in [2.45, 2.75) is 51.6 Å². The number of pyridine rings is 1. The largest absolute Gasteiger partial charge is 0.362 e. The number of hydrogen-bond donors (Lipinski definition) is 1. The zero-order valence-electron chi connectivity index (χ0n) is 17.6. The first-order valence-corrected chi connectivity index (χ1v) is 10.6. The van der Waals surface area contributed by atoms with Crippen molar-refractivity contribution in [3.8, 4) is 11.1 Å². The number of benzene rings is 1. The monoisotopic (exact) mass is 398 g/mol. The van der Waals surface area contributed by atoms with Crippen LogP contribution in [0.5, 0.6) is 0 Å². The summed E-state index contributed by atoms with van der Waals surface area (Å²) in [6.07, 6.45) is 7.47. The van der Waals surface area contributed by atoms with Crippen LogP contribution in [0.2, 0.25) is 0 Å². The Morgan fingerprint density at radius 3 is 2.67 bits per heavy atom. The minimum Gasteiger partial charge on any atom is -0.362 e. The van der Waals surface area contributed by atoms with E-state index >= 15 is 0 Å². The standard InChI is InChI=1S/C25H26N4O/c1-4-25(18-7-5-6-17(12-18)16-8-10-26-11-9-16)19-15-27-29-23(19)28-20-13-24(2,3)14-21(30)22(20)25/h5-12,15,23,28H,4,13-14H2,1-3H3/t23?,25-/m0/s1. The molecular weight excluding hydrogens is 372 g/mol. The number of nitrogens with zero attached hydrogens (tertiary/aromatic N) is 3. The molecule has 0 saturated carbocycles. The van der Waals surface area contributed by atoms with Crippen molar-refractivity contribution >= 4 is 5.78 Å². The average molecular weight is 399 g/mol. The Kier molecular flexibility index (Phi) is 4.24. The fraction of sp³-hybridized carbons (Fsp3) is 0.360. The predicted molar refractivity (Wildman–Crippen MR) is 117 cm³/mol. The lowest BCUT2D eigenvalue weighted by Crippen LogP contribution is -2.51. The third kappa shape index (κ3) is 2.76. The predicted octanol–water partition coefficient (Wildman–Crippen LogP) is 5.32. The first-order valence-electron chi connectivity index (χ1n) is 10.6. The van der Waals surface area contributed by atoms with E-state index in [0.29, 0.717) is 6.42 Å². The van der Waals surface area contributed by atoms with Crippen LogP contribution in [0.3, 0.4) is 0 Å². The molecule has 0 fully saturated rings. The number of carbonyl (C=O) groups is 1. The van der Waals surface area contributed by atoms with E-state index in [4.69, 9.17) is 0 Å². The van der Waals surface area contributed by atoms with Gasteiger partial charge in [-0.05, 0) is 53.1 Å². The van der Waals surface area contributed by atoms with Gasteiger partial charge in [0.05, 0.1) is 11.6 Å². The lowest BCUT2D eigenvalue weighted by Gasteiger charge is -2.47. The molecule has 5 rings (SSSR count). The Balaban J connectivity index is 1.74. The Hall–Kier alpha value is -3.08. The highest BCUT2D eigenvalue weighted by Crippen LogP contribution is 2.53. The average Bonchev–Trinajstić information content (AvgIpc) is 3.21. The third-order valence-corrected chi connectivity index (χ3v) is 6.68. The summed E-state index contributed by atoms with van der Waals surface area (Å²) in [5, 5.41) is 12.2. The maximum absolute atomic E-state index is 13.5. The molecule has 5 nitrogen and oxygen atoms in total. The summed E-state index contributed by atoms with van der Waals surface area (Å²) in [6, 6.07) is 12.6. The highest BCUT2D eigenvalue weighted by Gasteiger charge is 2.52. The Morgan fingerprint density at radius 1 is 1.10 bits per heavy atom. The van der Waals surface area contributed by atoms with Crippen LogP contribution in [-0.2, 0) is 10.2 Å². The van der Waals surface area contributed by atoms with Crippen molar-refractivity contribution in [3.63, 3.8) is 0 Å². The van der Waals surface area contributed by atoms with Gasteiger partial charge in [-0.2, -0.15) is 10.2 Å². The fourth-order valence-corrected chi connectivity index (χ4v) is 5.40. The number of azo groups is 1. The topological polar surface area (TPSA) is 66.7 Å². The molecule has 0 saturated heterocycles. The summed E-state index contributed by atoms with van der Waals surface area (Å²) in [6.45, 7) is 6.49. The van der Waals surface area contributed by atoms with Gasteiger partial charge in [0.2, 0.25) is 0 Å². The van der Waals surface area contributed by atoms with E-state index < -0.39 is 5.41 Å². The smallest absolute Gasteiger partial charge is 0.164 e. The third-order valence-electron chi connectivity index (χ3n) is 6.68. The van der Waals surface area contributed by atoms with E-state index in [1.807, 2.05) is 30.7 Å². The molecule has 0 amide bonds. The first-order chi connectivity index (χ1) is 14.4. The van der Waals surface area contributed by atoms with Crippen LogP contribution in [0, 0.1) is 5.41 Å². The van der Waals surface area contributed by atoms with Crippen molar-refractivity contribution in [1.29, 1.82) is 0 Å². The van der Waals surface area contributed by atoms with Crippen LogP contribution in [0.25, 0.3) is 11.1 Å². The van der Waals surface area contributed by atoms with Gasteiger partial charge in [-0.1, -0.05) is 39.0 Å². The van der Waals surface area contributed by atoms with Crippen LogP contribution < -0.4 is 5.32 Å². The highest BCUT2D eigenvalue weighted by molar-refractivity contribution is 6.01. The molecule has 0 bridgehead atoms. The van der Waals surface area contributed by atoms with E-state index in [9.17, 15) is 4.79 Å². The van der Waals surface area contributed by atoms with Gasteiger partial charge in [0.1, 0.15) is 0 Å². The number of allylic oxidation sites excluding steroid dienone is 2. The molecule has 1 N–H and O–H groups in total. The van der Waals surface area contributed by atoms with Gasteiger partial charge in [0.25, 0.3) is 0 Å². The lowest BCUT2D eigenvalue weighted by molar-refractivity contribution is -0.119. The zero-order valence-corrected chi connectivity index (χ0v) is 17.6. The van der Waals surface area contributed by atoms with Gasteiger partial charge in [-0.3, -0.25) is 9.78 Å². The molecule has 3 heterocycles. The van der Waals surface area contributed by atoms with Crippen LogP contribution in [0.4, 0.5) is 0 Å². The van der Waals surface area contributed by atoms with Crippen molar-refractivity contribution in [1.82, 2.24) is 10.3 Å². The number of ketones is 1. The van der Waals surface area contributed by atoms with Crippen molar-refractivity contribution in [3.05, 3.63) is 77.4 Å². The quantitative estimate of drug-likeness (QED) is 0.761. The second kappa shape index (κ2) is 6.73. The molecule has 2 aliphatic heterocycles. The van der Waals surface area contributed by atoms with Gasteiger partial charge < -0.3 is 5.32 Å². The van der Waals surface area contributed by atoms with Gasteiger partial charge in [-0.15, -0.1) is 0 Å². The van der Waals surface area contributed by atoms with E-state index in [0.717, 1.165) is 46.4 Å². The molecular formula is C25H26N4O. The molecule has 5 heteroatoms. The van der Waals surface area contributed by atoms with Crippen LogP contribution >= 0.6 is 0 Å². The maximum atomic E-state index is 13.5. The second-order valence-corrected chi connectivity index (χ2v) is 9.23. The summed E-state index contributed by atoms with van der Waals surface area (Å²) >= 11 is 0. The maximum Gasteiger partial charge on any atom is 0.164 e. The molecule has 152 valence electrons. The number of nitrogens with one attached hydrogen (secondary N) is 1. The van der Waals surface area contributed by atoms with E-state index in [2.05, 4.69) is 65.6 Å². The van der Waals surface area contributed by atoms with Crippen molar-refractivity contribution in [2.24, 2.45) is 15.6 Å². The Labute approximate surface area is 177 Å². The number of aromatic nitrogens is 1. The first kappa shape index (κ1) is 18.9. The molecule has 1 aromatic carbocycles. The van der Waals surface area contributed by atoms with E-state index in [1.54, 1.807) is 0 Å². The van der Waals surface area contributed by atoms with Gasteiger partial charge >= 0.3 is 0 Å². The summed E-state index contributed by atoms with van der Waals surface area (Å²) in [7, 11) is 0. The zero-order chi connectivity index (χ0) is 20.9. The van der Waals surface area contributed by atoms with Gasteiger partial charge in [0.15, 0.2) is 11.9 Å². The highest BCUT2D eigenvalue weighted by atomic mass is 16.1. The van der Waals surface area contributed by atoms with Crippen molar-refractivity contribution < 1.29 is 4.79 Å². The number of fused-ring (bicyclic) bond motifs is 1. The molecule has 2 atom stereocenters. The Morgan fingerprint density at radius 2 is 1.90 bits per heavy atom. The number of rotatable bonds is 3. The van der Waals surface area contributed by atoms with E-state index in [-0.39, 0.29) is 17.4 Å². The van der Waals surface area contributed by atoms with Crippen LogP contribution in [-0.4, -0.2) is 16.9 Å². The molecule has 1 aliphatic carbocycles. The Bertz CT molecular complexity index is 1110. The molecule has 1 aromatic heterocycles. The minimum absolute atomic E-state index is 0.0573. The minimum atomic E-state index is -0.509. The SMILES string of the molecule is CC[C@]1(c2cccc(-c3ccncc3)c2)C2=CN=NC2NC2=C1C(=O)CC(C)(C)C2. The van der Waals surface area contributed by atoms with Crippen molar-refractivity contribution in [2.75, 3.05) is 0 Å². The molecule has 2 aromatic rings. The van der Waals surface area contributed by atoms with Gasteiger partial charge in [0, 0.05) is 35.7 Å². The molecule has 3 aliphatic rings. The molecule has 1 unspecified atom stereocenters. The lowest BCUT2D eigenvalue weighted by atomic mass is 9.58. The van der Waals surface area contributed by atoms with Gasteiger partial charge in [-0.25, -0.2) is 0 Å². The van der Waals surface area contributed by atoms with Crippen LogP contribution in [0.15, 0.2) is 82.1 Å². The van der Waals surface area contributed by atoms with Crippen LogP contribution in [0.1, 0.15) is 45.6 Å². The molecule has 30 heavy (non-hydrogen) atoms. The summed E-state index contributed by atoms with van der Waals surface area (Å²) in [5.41, 5.74) is 5.82. The summed E-state index contributed by atoms with van der Waals surface area (Å²) in [4.78, 5) is 17.7. The van der Waals surface area contributed by atoms with E-state index in [1.165, 1.54) is 0 Å². The second-order valence-electron chi connectivity index (χ2n) is 9.23. The number of hydrogen-bond acceptors (Lipinski definition) is 5. The molecule has 0 radical (unpaired) electrons. The number of Topliss-reactive ketones (excluding diaryl/α,β-unsaturated/α-hetero) is 1.